The Balaban J connectivity index is 2.01. The van der Waals surface area contributed by atoms with Gasteiger partial charge in [0.1, 0.15) is 5.75 Å². The molecule has 1 amide bonds. The lowest BCUT2D eigenvalue weighted by Gasteiger charge is -2.24. The molecule has 1 aromatic rings. The molecular weight excluding hydrogens is 276 g/mol. The number of rotatable bonds is 6. The molecule has 1 atom stereocenters. The van der Waals surface area contributed by atoms with Crippen LogP contribution in [0.25, 0.3) is 0 Å². The van der Waals surface area contributed by atoms with Crippen LogP contribution in [-0.2, 0) is 0 Å². The molecule has 4 nitrogen and oxygen atoms in total. The normalized spacial score (nSPS) is 17.3. The van der Waals surface area contributed by atoms with Gasteiger partial charge in [0.2, 0.25) is 0 Å². The lowest BCUT2D eigenvalue weighted by Crippen LogP contribution is -2.42. The van der Waals surface area contributed by atoms with Crippen LogP contribution in [0, 0.1) is 5.92 Å². The molecule has 1 aliphatic rings. The van der Waals surface area contributed by atoms with Gasteiger partial charge < -0.3 is 15.4 Å². The minimum atomic E-state index is -0.0285. The summed E-state index contributed by atoms with van der Waals surface area (Å²) >= 11 is 0. The number of ether oxygens (including phenoxy) is 1. The van der Waals surface area contributed by atoms with Crippen LogP contribution < -0.4 is 15.4 Å². The molecule has 0 radical (unpaired) electrons. The molecule has 0 bridgehead atoms. The van der Waals surface area contributed by atoms with Gasteiger partial charge in [0.25, 0.3) is 5.91 Å². The van der Waals surface area contributed by atoms with Crippen molar-refractivity contribution < 1.29 is 9.53 Å². The number of nitrogens with one attached hydrogen (secondary N) is 2. The highest BCUT2D eigenvalue weighted by atomic mass is 16.5. The largest absolute Gasteiger partial charge is 0.490 e. The summed E-state index contributed by atoms with van der Waals surface area (Å²) in [4.78, 5) is 12.5. The molecule has 1 fully saturated rings. The Morgan fingerprint density at radius 2 is 1.95 bits per heavy atom. The fraction of sp³-hybridized carbons (Fsp3) is 0.611. The summed E-state index contributed by atoms with van der Waals surface area (Å²) in [5.74, 6) is 1.23. The number of para-hydroxylation sites is 1. The van der Waals surface area contributed by atoms with Gasteiger partial charge in [0, 0.05) is 6.04 Å². The van der Waals surface area contributed by atoms with Crippen molar-refractivity contribution in [2.24, 2.45) is 5.92 Å². The lowest BCUT2D eigenvalue weighted by atomic mass is 10.1. The first kappa shape index (κ1) is 16.8. The molecule has 4 heteroatoms. The van der Waals surface area contributed by atoms with E-state index < -0.39 is 0 Å². The first-order valence-corrected chi connectivity index (χ1v) is 8.33. The van der Waals surface area contributed by atoms with Gasteiger partial charge in [-0.3, -0.25) is 4.79 Å². The molecule has 1 saturated heterocycles. The smallest absolute Gasteiger partial charge is 0.255 e. The molecule has 0 spiro atoms. The number of piperidine rings is 1. The van der Waals surface area contributed by atoms with Crippen molar-refractivity contribution in [3.63, 3.8) is 0 Å². The number of benzene rings is 1. The summed E-state index contributed by atoms with van der Waals surface area (Å²) in [7, 11) is 0. The zero-order valence-corrected chi connectivity index (χ0v) is 13.9. The minimum absolute atomic E-state index is 0.0285. The minimum Gasteiger partial charge on any atom is -0.490 e. The third kappa shape index (κ3) is 5.02. The number of hydrogen-bond acceptors (Lipinski definition) is 3. The summed E-state index contributed by atoms with van der Waals surface area (Å²) in [5.41, 5.74) is 0.636. The summed E-state index contributed by atoms with van der Waals surface area (Å²) < 4.78 is 5.99. The van der Waals surface area contributed by atoms with Crippen molar-refractivity contribution in [2.75, 3.05) is 13.1 Å². The molecule has 1 heterocycles. The quantitative estimate of drug-likeness (QED) is 0.849. The molecule has 2 rings (SSSR count). The molecule has 1 aliphatic heterocycles. The van der Waals surface area contributed by atoms with E-state index >= 15 is 0 Å². The van der Waals surface area contributed by atoms with E-state index in [9.17, 15) is 4.79 Å². The number of carbonyl (C=O) groups excluding carboxylic acids is 1. The molecular formula is C18H28N2O2. The van der Waals surface area contributed by atoms with Crippen LogP contribution in [0.4, 0.5) is 0 Å². The number of hydrogen-bond donors (Lipinski definition) is 2. The van der Waals surface area contributed by atoms with Gasteiger partial charge in [-0.25, -0.2) is 0 Å². The molecule has 22 heavy (non-hydrogen) atoms. The van der Waals surface area contributed by atoms with Crippen LogP contribution in [0.15, 0.2) is 24.3 Å². The van der Waals surface area contributed by atoms with Gasteiger partial charge in [-0.15, -0.1) is 0 Å². The van der Waals surface area contributed by atoms with E-state index in [0.717, 1.165) is 32.4 Å². The maximum absolute atomic E-state index is 12.5. The Bertz CT molecular complexity index is 482. The highest BCUT2D eigenvalue weighted by Gasteiger charge is 2.19. The fourth-order valence-electron chi connectivity index (χ4n) is 2.92. The van der Waals surface area contributed by atoms with E-state index in [1.165, 1.54) is 0 Å². The first-order valence-electron chi connectivity index (χ1n) is 8.33. The maximum Gasteiger partial charge on any atom is 0.255 e. The number of carbonyl (C=O) groups is 1. The predicted octanol–water partition coefficient (Wildman–Crippen LogP) is 2.98. The van der Waals surface area contributed by atoms with Gasteiger partial charge in [0.05, 0.1) is 11.7 Å². The first-order chi connectivity index (χ1) is 10.6. The SMILES string of the molecule is CC(C)C[C@H](C)Oc1ccccc1C(=O)NC1CCNCC1. The van der Waals surface area contributed by atoms with E-state index in [2.05, 4.69) is 31.4 Å². The van der Waals surface area contributed by atoms with Crippen molar-refractivity contribution in [1.29, 1.82) is 0 Å². The Hall–Kier alpha value is -1.55. The van der Waals surface area contributed by atoms with E-state index in [4.69, 9.17) is 4.74 Å². The van der Waals surface area contributed by atoms with Gasteiger partial charge in [-0.2, -0.15) is 0 Å². The van der Waals surface area contributed by atoms with Gasteiger partial charge >= 0.3 is 0 Å². The van der Waals surface area contributed by atoms with E-state index in [1.807, 2.05) is 24.3 Å². The van der Waals surface area contributed by atoms with Gasteiger partial charge in [-0.05, 0) is 57.3 Å². The van der Waals surface area contributed by atoms with Gasteiger partial charge in [-0.1, -0.05) is 26.0 Å². The van der Waals surface area contributed by atoms with E-state index in [-0.39, 0.29) is 18.1 Å². The van der Waals surface area contributed by atoms with Crippen molar-refractivity contribution in [3.05, 3.63) is 29.8 Å². The topological polar surface area (TPSA) is 50.4 Å². The van der Waals surface area contributed by atoms with Crippen LogP contribution in [-0.4, -0.2) is 31.1 Å². The summed E-state index contributed by atoms with van der Waals surface area (Å²) in [6.07, 6.45) is 3.05. The average molecular weight is 304 g/mol. The number of amides is 1. The molecule has 2 N–H and O–H groups in total. The van der Waals surface area contributed by atoms with Crippen LogP contribution in [0.2, 0.25) is 0 Å². The van der Waals surface area contributed by atoms with Crippen LogP contribution in [0.1, 0.15) is 50.4 Å². The predicted molar refractivity (Wildman–Crippen MR) is 89.3 cm³/mol. The Morgan fingerprint density at radius 3 is 2.64 bits per heavy atom. The second-order valence-corrected chi connectivity index (χ2v) is 6.55. The monoisotopic (exact) mass is 304 g/mol. The lowest BCUT2D eigenvalue weighted by molar-refractivity contribution is 0.0922. The third-order valence-corrected chi connectivity index (χ3v) is 3.94. The zero-order chi connectivity index (χ0) is 15.9. The maximum atomic E-state index is 12.5. The Morgan fingerprint density at radius 1 is 1.27 bits per heavy atom. The van der Waals surface area contributed by atoms with Crippen LogP contribution in [0.5, 0.6) is 5.75 Å². The highest BCUT2D eigenvalue weighted by molar-refractivity contribution is 5.97. The third-order valence-electron chi connectivity index (χ3n) is 3.94. The second kappa shape index (κ2) is 8.18. The summed E-state index contributed by atoms with van der Waals surface area (Å²) in [6.45, 7) is 8.34. The van der Waals surface area contributed by atoms with Crippen molar-refractivity contribution in [2.45, 2.75) is 52.2 Å². The van der Waals surface area contributed by atoms with Crippen molar-refractivity contribution >= 4 is 5.91 Å². The van der Waals surface area contributed by atoms with E-state index in [0.29, 0.717) is 17.2 Å². The fourth-order valence-corrected chi connectivity index (χ4v) is 2.92. The standard InChI is InChI=1S/C18H28N2O2/c1-13(2)12-14(3)22-17-7-5-4-6-16(17)18(21)20-15-8-10-19-11-9-15/h4-7,13-15,19H,8-12H2,1-3H3,(H,20,21)/t14-/m0/s1. The van der Waals surface area contributed by atoms with Gasteiger partial charge in [0.15, 0.2) is 0 Å². The van der Waals surface area contributed by atoms with E-state index in [1.54, 1.807) is 0 Å². The van der Waals surface area contributed by atoms with Crippen LogP contribution >= 0.6 is 0 Å². The summed E-state index contributed by atoms with van der Waals surface area (Å²) in [5, 5.41) is 6.44. The Labute approximate surface area is 133 Å². The highest BCUT2D eigenvalue weighted by Crippen LogP contribution is 2.21. The molecule has 0 aliphatic carbocycles. The second-order valence-electron chi connectivity index (χ2n) is 6.55. The average Bonchev–Trinajstić information content (AvgIpc) is 2.47. The van der Waals surface area contributed by atoms with Crippen LogP contribution in [0.3, 0.4) is 0 Å². The molecule has 0 saturated carbocycles. The van der Waals surface area contributed by atoms with Crippen molar-refractivity contribution in [3.8, 4) is 5.75 Å². The zero-order valence-electron chi connectivity index (χ0n) is 13.9. The molecule has 0 aromatic heterocycles. The molecule has 1 aromatic carbocycles. The summed E-state index contributed by atoms with van der Waals surface area (Å²) in [6, 6.07) is 7.79. The Kier molecular flexibility index (Phi) is 6.25. The van der Waals surface area contributed by atoms with Crippen molar-refractivity contribution in [1.82, 2.24) is 10.6 Å². The molecule has 0 unspecified atom stereocenters. The molecule has 122 valence electrons.